The second kappa shape index (κ2) is 4.66. The Morgan fingerprint density at radius 2 is 2.40 bits per heavy atom. The molecule has 1 rings (SSSR count). The molecule has 1 aliphatic rings. The van der Waals surface area contributed by atoms with E-state index in [1.165, 1.54) is 0 Å². The third-order valence-electron chi connectivity index (χ3n) is 2.80. The van der Waals surface area contributed by atoms with Crippen LogP contribution in [0.3, 0.4) is 0 Å². The van der Waals surface area contributed by atoms with Crippen molar-refractivity contribution in [2.45, 2.75) is 31.9 Å². The third-order valence-corrected chi connectivity index (χ3v) is 2.80. The lowest BCUT2D eigenvalue weighted by Gasteiger charge is -2.31. The fourth-order valence-corrected chi connectivity index (χ4v) is 1.78. The van der Waals surface area contributed by atoms with Crippen LogP contribution in [0.2, 0.25) is 0 Å². The molecule has 15 heavy (non-hydrogen) atoms. The van der Waals surface area contributed by atoms with Crippen molar-refractivity contribution < 1.29 is 4.74 Å². The molecule has 4 nitrogen and oxygen atoms in total. The zero-order chi connectivity index (χ0) is 11.5. The van der Waals surface area contributed by atoms with E-state index in [9.17, 15) is 0 Å². The average molecular weight is 211 g/mol. The van der Waals surface area contributed by atoms with Gasteiger partial charge in [0.2, 0.25) is 0 Å². The minimum Gasteiger partial charge on any atom is -0.379 e. The lowest BCUT2D eigenvalue weighted by molar-refractivity contribution is 0.00215. The number of methoxy groups -OCH3 is 1. The van der Waals surface area contributed by atoms with Crippen molar-refractivity contribution in [3.05, 3.63) is 12.7 Å². The minimum atomic E-state index is -0.135. The summed E-state index contributed by atoms with van der Waals surface area (Å²) in [6, 6.07) is 0.331. The van der Waals surface area contributed by atoms with Crippen LogP contribution in [-0.2, 0) is 4.74 Å². The maximum atomic E-state index is 5.80. The molecule has 0 aliphatic carbocycles. The van der Waals surface area contributed by atoms with E-state index < -0.39 is 0 Å². The Bertz CT molecular complexity index is 261. The van der Waals surface area contributed by atoms with Crippen molar-refractivity contribution >= 4 is 5.96 Å². The Morgan fingerprint density at radius 1 is 1.73 bits per heavy atom. The maximum Gasteiger partial charge on any atom is 0.191 e. The molecule has 0 aromatic carbocycles. The first kappa shape index (κ1) is 12.0. The van der Waals surface area contributed by atoms with E-state index in [-0.39, 0.29) is 5.60 Å². The van der Waals surface area contributed by atoms with E-state index in [1.54, 1.807) is 7.11 Å². The predicted molar refractivity (Wildman–Crippen MR) is 62.9 cm³/mol. The summed E-state index contributed by atoms with van der Waals surface area (Å²) in [5.41, 5.74) is 5.67. The number of hydrogen-bond acceptors (Lipinski definition) is 4. The zero-order valence-electron chi connectivity index (χ0n) is 9.86. The van der Waals surface area contributed by atoms with Crippen LogP contribution in [-0.4, -0.2) is 42.7 Å². The molecule has 0 aromatic rings. The fraction of sp³-hybridized carbons (Fsp3) is 0.727. The van der Waals surface area contributed by atoms with E-state index in [1.807, 2.05) is 6.08 Å². The van der Waals surface area contributed by atoms with Crippen LogP contribution in [0.25, 0.3) is 0 Å². The molecule has 0 amide bonds. The molecule has 2 N–H and O–H groups in total. The smallest absolute Gasteiger partial charge is 0.191 e. The molecule has 0 saturated heterocycles. The normalized spacial score (nSPS) is 21.7. The van der Waals surface area contributed by atoms with E-state index >= 15 is 0 Å². The van der Waals surface area contributed by atoms with Gasteiger partial charge in [-0.3, -0.25) is 4.99 Å². The lowest BCUT2D eigenvalue weighted by Crippen LogP contribution is -2.44. The highest BCUT2D eigenvalue weighted by Crippen LogP contribution is 2.22. The highest BCUT2D eigenvalue weighted by Gasteiger charge is 2.30. The molecular weight excluding hydrogens is 190 g/mol. The summed E-state index contributed by atoms with van der Waals surface area (Å²) in [6.45, 7) is 9.39. The third kappa shape index (κ3) is 2.96. The molecule has 1 unspecified atom stereocenters. The summed E-state index contributed by atoms with van der Waals surface area (Å²) in [7, 11) is 1.73. The monoisotopic (exact) mass is 211 g/mol. The molecule has 0 saturated carbocycles. The summed E-state index contributed by atoms with van der Waals surface area (Å²) < 4.78 is 5.42. The molecule has 0 spiro atoms. The summed E-state index contributed by atoms with van der Waals surface area (Å²) in [6.07, 6.45) is 2.77. The number of guanidine groups is 1. The molecule has 4 heteroatoms. The Balaban J connectivity index is 2.60. The number of nitrogens with two attached hydrogens (primary N) is 1. The van der Waals surface area contributed by atoms with Gasteiger partial charge in [-0.05, 0) is 20.3 Å². The van der Waals surface area contributed by atoms with Crippen LogP contribution in [0.1, 0.15) is 20.3 Å². The first-order valence-corrected chi connectivity index (χ1v) is 5.23. The Labute approximate surface area is 91.8 Å². The van der Waals surface area contributed by atoms with Gasteiger partial charge in [-0.25, -0.2) is 0 Å². The van der Waals surface area contributed by atoms with Crippen molar-refractivity contribution in [1.82, 2.24) is 4.90 Å². The lowest BCUT2D eigenvalue weighted by atomic mass is 9.98. The predicted octanol–water partition coefficient (Wildman–Crippen LogP) is 0.986. The van der Waals surface area contributed by atoms with Gasteiger partial charge in [0.1, 0.15) is 0 Å². The van der Waals surface area contributed by atoms with E-state index in [0.29, 0.717) is 12.0 Å². The van der Waals surface area contributed by atoms with Crippen LogP contribution in [0.15, 0.2) is 17.6 Å². The minimum absolute atomic E-state index is 0.135. The van der Waals surface area contributed by atoms with Crippen molar-refractivity contribution in [1.29, 1.82) is 0 Å². The van der Waals surface area contributed by atoms with Gasteiger partial charge in [0.05, 0.1) is 18.2 Å². The fourth-order valence-electron chi connectivity index (χ4n) is 1.78. The average Bonchev–Trinajstić information content (AvgIpc) is 2.50. The standard InChI is InChI=1S/C11H21N3O/c1-5-6-14-9(8-13-10(14)12)7-11(2,3)15-4/h5,9H,1,6-8H2,2-4H3,(H2,12,13). The topological polar surface area (TPSA) is 50.8 Å². The highest BCUT2D eigenvalue weighted by atomic mass is 16.5. The van der Waals surface area contributed by atoms with Crippen LogP contribution < -0.4 is 5.73 Å². The van der Waals surface area contributed by atoms with Crippen LogP contribution in [0.5, 0.6) is 0 Å². The largest absolute Gasteiger partial charge is 0.379 e. The number of rotatable bonds is 5. The molecule has 0 aromatic heterocycles. The summed E-state index contributed by atoms with van der Waals surface area (Å²) in [5, 5.41) is 0. The van der Waals surface area contributed by atoms with Gasteiger partial charge in [0.25, 0.3) is 0 Å². The van der Waals surface area contributed by atoms with Crippen LogP contribution in [0, 0.1) is 0 Å². The van der Waals surface area contributed by atoms with Crippen molar-refractivity contribution in [2.24, 2.45) is 10.7 Å². The van der Waals surface area contributed by atoms with Crippen molar-refractivity contribution in [2.75, 3.05) is 20.2 Å². The molecule has 1 aliphatic heterocycles. The SMILES string of the molecule is C=CCN1C(N)=NCC1CC(C)(C)OC. The first-order valence-electron chi connectivity index (χ1n) is 5.23. The highest BCUT2D eigenvalue weighted by molar-refractivity contribution is 5.80. The summed E-state index contributed by atoms with van der Waals surface area (Å²) in [4.78, 5) is 6.33. The van der Waals surface area contributed by atoms with Crippen molar-refractivity contribution in [3.8, 4) is 0 Å². The van der Waals surface area contributed by atoms with Gasteiger partial charge >= 0.3 is 0 Å². The first-order chi connectivity index (χ1) is 7.00. The van der Waals surface area contributed by atoms with E-state index in [2.05, 4.69) is 30.3 Å². The Kier molecular flexibility index (Phi) is 3.74. The van der Waals surface area contributed by atoms with Gasteiger partial charge in [-0.1, -0.05) is 6.08 Å². The second-order valence-corrected chi connectivity index (χ2v) is 4.46. The van der Waals surface area contributed by atoms with Crippen molar-refractivity contribution in [3.63, 3.8) is 0 Å². The molecule has 86 valence electrons. The molecule has 1 heterocycles. The molecular formula is C11H21N3O. The van der Waals surface area contributed by atoms with Crippen LogP contribution >= 0.6 is 0 Å². The number of hydrogen-bond donors (Lipinski definition) is 1. The molecule has 0 radical (unpaired) electrons. The second-order valence-electron chi connectivity index (χ2n) is 4.46. The van der Waals surface area contributed by atoms with Gasteiger partial charge in [-0.15, -0.1) is 6.58 Å². The van der Waals surface area contributed by atoms with E-state index in [4.69, 9.17) is 10.5 Å². The number of aliphatic imine (C=N–C) groups is 1. The van der Waals surface area contributed by atoms with E-state index in [0.717, 1.165) is 19.5 Å². The van der Waals surface area contributed by atoms with Gasteiger partial charge in [-0.2, -0.15) is 0 Å². The number of nitrogens with zero attached hydrogens (tertiary/aromatic N) is 2. The quantitative estimate of drug-likeness (QED) is 0.690. The molecule has 0 bridgehead atoms. The summed E-state index contributed by atoms with van der Waals surface area (Å²) >= 11 is 0. The van der Waals surface area contributed by atoms with Gasteiger partial charge < -0.3 is 15.4 Å². The Hall–Kier alpha value is -1.03. The number of ether oxygens (including phenoxy) is 1. The van der Waals surface area contributed by atoms with Gasteiger partial charge in [0.15, 0.2) is 5.96 Å². The maximum absolute atomic E-state index is 5.80. The molecule has 0 fully saturated rings. The zero-order valence-corrected chi connectivity index (χ0v) is 9.86. The van der Waals surface area contributed by atoms with Gasteiger partial charge in [0, 0.05) is 13.7 Å². The van der Waals surface area contributed by atoms with Crippen LogP contribution in [0.4, 0.5) is 0 Å². The Morgan fingerprint density at radius 3 is 2.93 bits per heavy atom. The summed E-state index contributed by atoms with van der Waals surface area (Å²) in [5.74, 6) is 0.617. The molecule has 1 atom stereocenters.